The van der Waals surface area contributed by atoms with Crippen molar-refractivity contribution in [2.45, 2.75) is 19.3 Å². The number of aromatic amines is 1. The van der Waals surface area contributed by atoms with E-state index in [0.717, 1.165) is 48.9 Å². The van der Waals surface area contributed by atoms with Crippen LogP contribution in [0.4, 0.5) is 18.9 Å². The normalized spacial score (nSPS) is 14.3. The van der Waals surface area contributed by atoms with Gasteiger partial charge in [-0.3, -0.25) is 14.4 Å². The van der Waals surface area contributed by atoms with Crippen LogP contribution in [0.2, 0.25) is 5.02 Å². The third kappa shape index (κ3) is 6.76. The minimum Gasteiger partial charge on any atom is -0.488 e. The van der Waals surface area contributed by atoms with E-state index >= 15 is 0 Å². The Balaban J connectivity index is 1.20. The molecule has 0 saturated carbocycles. The van der Waals surface area contributed by atoms with E-state index in [9.17, 15) is 18.0 Å². The molecule has 5 aromatic rings. The Morgan fingerprint density at radius 1 is 1.00 bits per heavy atom. The molecule has 0 aliphatic carbocycles. The summed E-state index contributed by atoms with van der Waals surface area (Å²) in [5, 5.41) is 4.60. The molecule has 1 N–H and O–H groups in total. The predicted molar refractivity (Wildman–Crippen MR) is 158 cm³/mol. The molecule has 0 atom stereocenters. The zero-order chi connectivity index (χ0) is 30.0. The largest absolute Gasteiger partial charge is 0.488 e. The second-order valence-corrected chi connectivity index (χ2v) is 11.4. The number of rotatable bonds is 8. The topological polar surface area (TPSA) is 87.5 Å². The van der Waals surface area contributed by atoms with Crippen LogP contribution in [0.25, 0.3) is 22.0 Å². The van der Waals surface area contributed by atoms with E-state index in [4.69, 9.17) is 21.3 Å². The smallest absolute Gasteiger partial charge is 0.439 e. The van der Waals surface area contributed by atoms with E-state index in [2.05, 4.69) is 36.6 Å². The number of para-hydroxylation sites is 1. The number of nitrogens with zero attached hydrogens (tertiary/aromatic N) is 4. The summed E-state index contributed by atoms with van der Waals surface area (Å²) < 4.78 is 50.0. The Hall–Kier alpha value is -4.13. The van der Waals surface area contributed by atoms with Crippen LogP contribution < -0.4 is 15.4 Å². The number of hydrogen-bond donors (Lipinski definition) is 1. The summed E-state index contributed by atoms with van der Waals surface area (Å²) in [6, 6.07) is 20.3. The SMILES string of the molecule is O=c1[nH]c(-c2ccc(OCc3sc(-c4ccc(C(F)(F)F)cc4)nc3CN3CCN(c4ccccc4)CC3)cc2Cl)no1. The van der Waals surface area contributed by atoms with E-state index in [-0.39, 0.29) is 12.4 Å². The van der Waals surface area contributed by atoms with Crippen molar-refractivity contribution in [1.82, 2.24) is 20.0 Å². The zero-order valence-electron chi connectivity index (χ0n) is 22.6. The third-order valence-electron chi connectivity index (χ3n) is 7.11. The van der Waals surface area contributed by atoms with Gasteiger partial charge in [0, 0.05) is 49.5 Å². The highest BCUT2D eigenvalue weighted by atomic mass is 35.5. The molecule has 0 radical (unpaired) electrons. The standard InChI is InChI=1S/C30H25ClF3N5O3S/c31-24-16-22(10-11-23(24)27-36-29(40)42-37-27)41-18-26-25(17-38-12-14-39(15-13-38)21-4-2-1-3-5-21)35-28(43-26)19-6-8-20(9-7-19)30(32,33)34/h1-11,16H,12-15,17-18H2,(H,36,37,40). The number of ether oxygens (including phenoxy) is 1. The highest BCUT2D eigenvalue weighted by Gasteiger charge is 2.30. The average molecular weight is 628 g/mol. The molecule has 0 unspecified atom stereocenters. The van der Waals surface area contributed by atoms with Gasteiger partial charge in [0.2, 0.25) is 0 Å². The molecule has 0 bridgehead atoms. The molecule has 3 heterocycles. The van der Waals surface area contributed by atoms with Crippen LogP contribution in [-0.2, 0) is 19.3 Å². The van der Waals surface area contributed by atoms with Crippen LogP contribution in [0.5, 0.6) is 5.75 Å². The van der Waals surface area contributed by atoms with E-state index in [1.54, 1.807) is 18.2 Å². The number of piperazine rings is 1. The minimum atomic E-state index is -4.41. The molecule has 13 heteroatoms. The van der Waals surface area contributed by atoms with Crippen molar-refractivity contribution in [2.24, 2.45) is 0 Å². The molecule has 6 rings (SSSR count). The monoisotopic (exact) mass is 627 g/mol. The minimum absolute atomic E-state index is 0.189. The molecular weight excluding hydrogens is 603 g/mol. The van der Waals surface area contributed by atoms with E-state index in [0.29, 0.717) is 33.5 Å². The number of thiazole rings is 1. The first-order valence-electron chi connectivity index (χ1n) is 13.4. The van der Waals surface area contributed by atoms with Crippen LogP contribution in [0, 0.1) is 0 Å². The summed E-state index contributed by atoms with van der Waals surface area (Å²) in [6.45, 7) is 4.18. The highest BCUT2D eigenvalue weighted by molar-refractivity contribution is 7.15. The summed E-state index contributed by atoms with van der Waals surface area (Å²) in [7, 11) is 0. The zero-order valence-corrected chi connectivity index (χ0v) is 24.2. The van der Waals surface area contributed by atoms with E-state index in [1.165, 1.54) is 29.2 Å². The molecule has 43 heavy (non-hydrogen) atoms. The fourth-order valence-electron chi connectivity index (χ4n) is 4.83. The van der Waals surface area contributed by atoms with Gasteiger partial charge in [-0.1, -0.05) is 47.1 Å². The number of H-pyrrole nitrogens is 1. The lowest BCUT2D eigenvalue weighted by molar-refractivity contribution is -0.137. The van der Waals surface area contributed by atoms with Crippen molar-refractivity contribution in [1.29, 1.82) is 0 Å². The van der Waals surface area contributed by atoms with Crippen LogP contribution in [0.3, 0.4) is 0 Å². The first-order valence-corrected chi connectivity index (χ1v) is 14.6. The maximum Gasteiger partial charge on any atom is 0.439 e. The van der Waals surface area contributed by atoms with Crippen molar-refractivity contribution in [3.8, 4) is 27.7 Å². The number of alkyl halides is 3. The average Bonchev–Trinajstić information content (AvgIpc) is 3.62. The second kappa shape index (κ2) is 12.2. The molecule has 1 aliphatic rings. The fourth-order valence-corrected chi connectivity index (χ4v) is 6.08. The van der Waals surface area contributed by atoms with E-state index in [1.807, 2.05) is 18.2 Å². The van der Waals surface area contributed by atoms with Crippen LogP contribution >= 0.6 is 22.9 Å². The molecule has 1 aliphatic heterocycles. The number of hydrogen-bond acceptors (Lipinski definition) is 8. The predicted octanol–water partition coefficient (Wildman–Crippen LogP) is 6.73. The van der Waals surface area contributed by atoms with Gasteiger partial charge in [0.05, 0.1) is 21.2 Å². The summed E-state index contributed by atoms with van der Waals surface area (Å²) >= 11 is 7.80. The van der Waals surface area contributed by atoms with Gasteiger partial charge in [-0.2, -0.15) is 13.2 Å². The van der Waals surface area contributed by atoms with Gasteiger partial charge >= 0.3 is 11.9 Å². The van der Waals surface area contributed by atoms with Crippen molar-refractivity contribution >= 4 is 28.6 Å². The Morgan fingerprint density at radius 3 is 2.40 bits per heavy atom. The van der Waals surface area contributed by atoms with Crippen molar-refractivity contribution in [2.75, 3.05) is 31.1 Å². The molecule has 0 amide bonds. The van der Waals surface area contributed by atoms with Gasteiger partial charge in [0.25, 0.3) is 0 Å². The summed E-state index contributed by atoms with van der Waals surface area (Å²) in [6.07, 6.45) is -4.41. The fraction of sp³-hybridized carbons (Fsp3) is 0.233. The maximum atomic E-state index is 13.1. The first kappa shape index (κ1) is 29.0. The Kier molecular flexibility index (Phi) is 8.24. The quantitative estimate of drug-likeness (QED) is 0.204. The molecule has 1 fully saturated rings. The van der Waals surface area contributed by atoms with Gasteiger partial charge in [-0.05, 0) is 42.5 Å². The Bertz CT molecular complexity index is 1750. The summed E-state index contributed by atoms with van der Waals surface area (Å²) in [5.41, 5.74) is 2.39. The number of halogens is 4. The Labute approximate surface area is 253 Å². The third-order valence-corrected chi connectivity index (χ3v) is 8.54. The molecule has 0 spiro atoms. The molecule has 222 valence electrons. The number of aromatic nitrogens is 3. The van der Waals surface area contributed by atoms with Gasteiger partial charge in [-0.25, -0.2) is 9.78 Å². The van der Waals surface area contributed by atoms with Crippen LogP contribution in [0.1, 0.15) is 16.1 Å². The summed E-state index contributed by atoms with van der Waals surface area (Å²) in [4.78, 5) is 24.2. The molecule has 8 nitrogen and oxygen atoms in total. The lowest BCUT2D eigenvalue weighted by Crippen LogP contribution is -2.46. The van der Waals surface area contributed by atoms with E-state index < -0.39 is 17.5 Å². The number of nitrogens with one attached hydrogen (secondary N) is 1. The van der Waals surface area contributed by atoms with Crippen LogP contribution in [-0.4, -0.2) is 46.2 Å². The van der Waals surface area contributed by atoms with Crippen LogP contribution in [0.15, 0.2) is 82.1 Å². The molecule has 1 saturated heterocycles. The van der Waals surface area contributed by atoms with Gasteiger partial charge in [0.15, 0.2) is 5.82 Å². The first-order chi connectivity index (χ1) is 20.7. The molecular formula is C30H25ClF3N5O3S. The second-order valence-electron chi connectivity index (χ2n) is 9.94. The van der Waals surface area contributed by atoms with Crippen molar-refractivity contribution in [3.05, 3.63) is 105 Å². The lowest BCUT2D eigenvalue weighted by atomic mass is 10.1. The Morgan fingerprint density at radius 2 is 1.74 bits per heavy atom. The molecule has 3 aromatic carbocycles. The van der Waals surface area contributed by atoms with Gasteiger partial charge in [0.1, 0.15) is 17.4 Å². The van der Waals surface area contributed by atoms with Gasteiger partial charge in [-0.15, -0.1) is 11.3 Å². The highest BCUT2D eigenvalue weighted by Crippen LogP contribution is 2.35. The molecule has 2 aromatic heterocycles. The summed E-state index contributed by atoms with van der Waals surface area (Å²) in [5.74, 6) is 0.0146. The maximum absolute atomic E-state index is 13.1. The van der Waals surface area contributed by atoms with Crippen molar-refractivity contribution < 1.29 is 22.4 Å². The number of benzene rings is 3. The lowest BCUT2D eigenvalue weighted by Gasteiger charge is -2.35. The van der Waals surface area contributed by atoms with Crippen molar-refractivity contribution in [3.63, 3.8) is 0 Å². The van der Waals surface area contributed by atoms with Gasteiger partial charge < -0.3 is 9.64 Å². The number of anilines is 1.